The van der Waals surface area contributed by atoms with Crippen molar-refractivity contribution in [2.75, 3.05) is 13.1 Å². The number of pyridine rings is 1. The predicted octanol–water partition coefficient (Wildman–Crippen LogP) is 3.20. The summed E-state index contributed by atoms with van der Waals surface area (Å²) >= 11 is 0. The smallest absolute Gasteiger partial charge is 0.271 e. The zero-order chi connectivity index (χ0) is 19.5. The minimum atomic E-state index is -0.213. The van der Waals surface area contributed by atoms with Gasteiger partial charge in [0.05, 0.1) is 0 Å². The van der Waals surface area contributed by atoms with Crippen LogP contribution in [-0.2, 0) is 6.54 Å². The van der Waals surface area contributed by atoms with Crippen LogP contribution in [0.4, 0.5) is 0 Å². The third-order valence-electron chi connectivity index (χ3n) is 5.15. The van der Waals surface area contributed by atoms with Crippen molar-refractivity contribution in [3.05, 3.63) is 71.2 Å². The molecule has 6 nitrogen and oxygen atoms in total. The first-order chi connectivity index (χ1) is 13.6. The van der Waals surface area contributed by atoms with E-state index in [2.05, 4.69) is 10.3 Å². The number of hydrogen-bond acceptors (Lipinski definition) is 3. The van der Waals surface area contributed by atoms with Crippen molar-refractivity contribution in [3.8, 4) is 0 Å². The molecule has 4 rings (SSSR count). The average Bonchev–Trinajstić information content (AvgIpc) is 3.16. The second-order valence-corrected chi connectivity index (χ2v) is 7.33. The minimum Gasteiger partial charge on any atom is -0.347 e. The fraction of sp³-hybridized carbons (Fsp3) is 0.318. The maximum Gasteiger partial charge on any atom is 0.271 e. The van der Waals surface area contributed by atoms with Crippen LogP contribution in [0, 0.1) is 6.92 Å². The molecule has 6 heteroatoms. The molecule has 3 heterocycles. The van der Waals surface area contributed by atoms with Crippen molar-refractivity contribution in [2.45, 2.75) is 32.7 Å². The molecule has 1 aromatic carbocycles. The van der Waals surface area contributed by atoms with E-state index in [1.165, 1.54) is 6.42 Å². The number of benzene rings is 1. The first kappa shape index (κ1) is 18.2. The highest BCUT2D eigenvalue weighted by Crippen LogP contribution is 2.14. The summed E-state index contributed by atoms with van der Waals surface area (Å²) in [6, 6.07) is 11.4. The maximum absolute atomic E-state index is 12.5. The van der Waals surface area contributed by atoms with Crippen LogP contribution in [0.3, 0.4) is 0 Å². The molecule has 0 atom stereocenters. The number of carbonyl (C=O) groups excluding carboxylic acids is 2. The third-order valence-corrected chi connectivity index (χ3v) is 5.15. The molecule has 28 heavy (non-hydrogen) atoms. The number of amides is 2. The van der Waals surface area contributed by atoms with Gasteiger partial charge in [-0.3, -0.25) is 9.59 Å². The van der Waals surface area contributed by atoms with Gasteiger partial charge in [-0.25, -0.2) is 4.98 Å². The fourth-order valence-electron chi connectivity index (χ4n) is 3.51. The number of hydrogen-bond donors (Lipinski definition) is 1. The van der Waals surface area contributed by atoms with Gasteiger partial charge in [-0.05, 0) is 61.6 Å². The molecule has 1 N–H and O–H groups in total. The number of rotatable bonds is 4. The Labute approximate surface area is 164 Å². The van der Waals surface area contributed by atoms with Gasteiger partial charge < -0.3 is 14.6 Å². The number of carbonyl (C=O) groups is 2. The number of piperidine rings is 1. The van der Waals surface area contributed by atoms with Gasteiger partial charge in [0.2, 0.25) is 0 Å². The normalized spacial score (nSPS) is 14.2. The molecular formula is C22H24N4O2. The van der Waals surface area contributed by atoms with E-state index in [0.29, 0.717) is 17.8 Å². The first-order valence-electron chi connectivity index (χ1n) is 9.72. The second-order valence-electron chi connectivity index (χ2n) is 7.33. The molecule has 0 bridgehead atoms. The van der Waals surface area contributed by atoms with Gasteiger partial charge in [-0.1, -0.05) is 12.1 Å². The van der Waals surface area contributed by atoms with Crippen molar-refractivity contribution < 1.29 is 9.59 Å². The summed E-state index contributed by atoms with van der Waals surface area (Å²) in [5.41, 5.74) is 3.90. The number of imidazole rings is 1. The Morgan fingerprint density at radius 1 is 1.07 bits per heavy atom. The Hall–Kier alpha value is -3.15. The van der Waals surface area contributed by atoms with Gasteiger partial charge in [0.1, 0.15) is 11.3 Å². The Balaban J connectivity index is 1.37. The number of nitrogens with one attached hydrogen (secondary N) is 1. The van der Waals surface area contributed by atoms with E-state index in [-0.39, 0.29) is 11.8 Å². The van der Waals surface area contributed by atoms with Gasteiger partial charge >= 0.3 is 0 Å². The highest BCUT2D eigenvalue weighted by atomic mass is 16.2. The van der Waals surface area contributed by atoms with Gasteiger partial charge in [0.25, 0.3) is 11.8 Å². The highest BCUT2D eigenvalue weighted by Gasteiger charge is 2.18. The molecule has 3 aromatic rings. The third kappa shape index (κ3) is 3.91. The molecule has 0 aliphatic carbocycles. The number of fused-ring (bicyclic) bond motifs is 1. The molecule has 2 amide bonds. The van der Waals surface area contributed by atoms with E-state index in [9.17, 15) is 9.59 Å². The lowest BCUT2D eigenvalue weighted by atomic mass is 10.1. The second kappa shape index (κ2) is 7.84. The van der Waals surface area contributed by atoms with Crippen molar-refractivity contribution in [3.63, 3.8) is 0 Å². The summed E-state index contributed by atoms with van der Waals surface area (Å²) in [4.78, 5) is 31.2. The minimum absolute atomic E-state index is 0.0929. The van der Waals surface area contributed by atoms with E-state index in [0.717, 1.165) is 42.7 Å². The maximum atomic E-state index is 12.5. The summed E-state index contributed by atoms with van der Waals surface area (Å²) < 4.78 is 1.84. The van der Waals surface area contributed by atoms with Gasteiger partial charge in [0.15, 0.2) is 0 Å². The van der Waals surface area contributed by atoms with Crippen molar-refractivity contribution in [1.82, 2.24) is 19.6 Å². The van der Waals surface area contributed by atoms with E-state index >= 15 is 0 Å². The predicted molar refractivity (Wildman–Crippen MR) is 107 cm³/mol. The molecule has 1 aliphatic heterocycles. The van der Waals surface area contributed by atoms with Crippen LogP contribution in [0.5, 0.6) is 0 Å². The summed E-state index contributed by atoms with van der Waals surface area (Å²) in [5.74, 6) is -0.120. The number of aryl methyl sites for hydroxylation is 1. The molecule has 0 unspecified atom stereocenters. The van der Waals surface area contributed by atoms with Crippen LogP contribution in [0.25, 0.3) is 5.65 Å². The van der Waals surface area contributed by atoms with Crippen molar-refractivity contribution in [1.29, 1.82) is 0 Å². The lowest BCUT2D eigenvalue weighted by Crippen LogP contribution is -2.35. The van der Waals surface area contributed by atoms with Gasteiger partial charge in [0, 0.05) is 37.6 Å². The van der Waals surface area contributed by atoms with Crippen molar-refractivity contribution in [2.24, 2.45) is 0 Å². The fourth-order valence-corrected chi connectivity index (χ4v) is 3.51. The molecule has 0 spiro atoms. The number of nitrogens with zero attached hydrogens (tertiary/aromatic N) is 3. The largest absolute Gasteiger partial charge is 0.347 e. The summed E-state index contributed by atoms with van der Waals surface area (Å²) in [6.07, 6.45) is 6.99. The van der Waals surface area contributed by atoms with E-state index < -0.39 is 0 Å². The molecule has 0 saturated carbocycles. The zero-order valence-electron chi connectivity index (χ0n) is 16.0. The molecular weight excluding hydrogens is 352 g/mol. The van der Waals surface area contributed by atoms with Gasteiger partial charge in [-0.15, -0.1) is 0 Å². The molecule has 1 aliphatic rings. The average molecular weight is 376 g/mol. The zero-order valence-corrected chi connectivity index (χ0v) is 16.0. The van der Waals surface area contributed by atoms with Crippen LogP contribution in [0.2, 0.25) is 0 Å². The van der Waals surface area contributed by atoms with E-state index in [1.807, 2.05) is 58.8 Å². The molecule has 2 aromatic heterocycles. The van der Waals surface area contributed by atoms with Crippen LogP contribution in [-0.4, -0.2) is 39.2 Å². The first-order valence-corrected chi connectivity index (χ1v) is 9.72. The summed E-state index contributed by atoms with van der Waals surface area (Å²) in [6.45, 7) is 4.07. The lowest BCUT2D eigenvalue weighted by molar-refractivity contribution is 0.0724. The number of likely N-dealkylation sites (tertiary alicyclic amines) is 1. The summed E-state index contributed by atoms with van der Waals surface area (Å²) in [7, 11) is 0. The number of aromatic nitrogens is 2. The quantitative estimate of drug-likeness (QED) is 0.760. The van der Waals surface area contributed by atoms with Crippen LogP contribution in [0.1, 0.15) is 51.2 Å². The van der Waals surface area contributed by atoms with Crippen molar-refractivity contribution >= 4 is 17.5 Å². The molecule has 1 saturated heterocycles. The van der Waals surface area contributed by atoms with Crippen LogP contribution in [0.15, 0.2) is 48.8 Å². The topological polar surface area (TPSA) is 66.7 Å². The standard InChI is InChI=1S/C22H24N4O2/c1-16-9-12-26-15-19(24-20(26)13-16)21(27)23-14-17-5-7-18(8-6-17)22(28)25-10-3-2-4-11-25/h5-9,12-13,15H,2-4,10-11,14H2,1H3,(H,23,27). The monoisotopic (exact) mass is 376 g/mol. The molecule has 144 valence electrons. The lowest BCUT2D eigenvalue weighted by Gasteiger charge is -2.26. The van der Waals surface area contributed by atoms with Crippen LogP contribution >= 0.6 is 0 Å². The van der Waals surface area contributed by atoms with E-state index in [4.69, 9.17) is 0 Å². The molecule has 0 radical (unpaired) electrons. The SMILES string of the molecule is Cc1ccn2cc(C(=O)NCc3ccc(C(=O)N4CCCCC4)cc3)nc2c1. The Morgan fingerprint density at radius 3 is 2.57 bits per heavy atom. The Kier molecular flexibility index (Phi) is 5.10. The van der Waals surface area contributed by atoms with Crippen LogP contribution < -0.4 is 5.32 Å². The molecule has 1 fully saturated rings. The Morgan fingerprint density at radius 2 is 1.82 bits per heavy atom. The summed E-state index contributed by atoms with van der Waals surface area (Å²) in [5, 5.41) is 2.89. The van der Waals surface area contributed by atoms with Gasteiger partial charge in [-0.2, -0.15) is 0 Å². The van der Waals surface area contributed by atoms with E-state index in [1.54, 1.807) is 6.20 Å². The Bertz CT molecular complexity index is 1000. The highest BCUT2D eigenvalue weighted by molar-refractivity contribution is 5.94.